The number of alkyl halides is 2. The van der Waals surface area contributed by atoms with Gasteiger partial charge in [-0.25, -0.2) is 8.78 Å². The first kappa shape index (κ1) is 17.5. The Morgan fingerprint density at radius 3 is 2.60 bits per heavy atom. The van der Waals surface area contributed by atoms with E-state index in [1.807, 2.05) is 24.3 Å². The molecule has 25 heavy (non-hydrogen) atoms. The van der Waals surface area contributed by atoms with Crippen molar-refractivity contribution in [2.45, 2.75) is 31.5 Å². The molecule has 1 heterocycles. The molecule has 0 spiro atoms. The van der Waals surface area contributed by atoms with Gasteiger partial charge in [-0.15, -0.1) is 0 Å². The van der Waals surface area contributed by atoms with Crippen molar-refractivity contribution in [3.63, 3.8) is 0 Å². The number of fused-ring (bicyclic) bond motifs is 1. The molecule has 0 saturated carbocycles. The first-order valence-corrected chi connectivity index (χ1v) is 8.19. The number of aliphatic hydroxyl groups is 1. The maximum atomic E-state index is 13.0. The van der Waals surface area contributed by atoms with Crippen LogP contribution in [0.5, 0.6) is 0 Å². The summed E-state index contributed by atoms with van der Waals surface area (Å²) in [5.41, 5.74) is 1.99. The third-order valence-corrected chi connectivity index (χ3v) is 4.49. The van der Waals surface area contributed by atoms with Gasteiger partial charge in [-0.05, 0) is 23.6 Å². The quantitative estimate of drug-likeness (QED) is 0.779. The number of rotatable bonds is 5. The van der Waals surface area contributed by atoms with Crippen molar-refractivity contribution in [3.8, 4) is 0 Å². The second-order valence-corrected chi connectivity index (χ2v) is 6.13. The van der Waals surface area contributed by atoms with Crippen LogP contribution in [0.2, 0.25) is 0 Å². The topological polar surface area (TPSA) is 61.4 Å². The van der Waals surface area contributed by atoms with Crippen molar-refractivity contribution >= 4 is 5.91 Å². The zero-order valence-corrected chi connectivity index (χ0v) is 13.6. The van der Waals surface area contributed by atoms with Gasteiger partial charge in [0.2, 0.25) is 0 Å². The highest BCUT2D eigenvalue weighted by molar-refractivity contribution is 5.95. The van der Waals surface area contributed by atoms with Crippen LogP contribution in [0.3, 0.4) is 0 Å². The molecule has 0 fully saturated rings. The lowest BCUT2D eigenvalue weighted by molar-refractivity contribution is 0.0859. The summed E-state index contributed by atoms with van der Waals surface area (Å²) in [6.07, 6.45) is -2.87. The molecule has 1 amide bonds. The predicted molar refractivity (Wildman–Crippen MR) is 90.5 cm³/mol. The number of benzene rings is 2. The largest absolute Gasteiger partial charge is 0.390 e. The maximum absolute atomic E-state index is 13.0. The van der Waals surface area contributed by atoms with Crippen LogP contribution in [0.4, 0.5) is 8.78 Å². The van der Waals surface area contributed by atoms with E-state index in [2.05, 4.69) is 10.6 Å². The summed E-state index contributed by atoms with van der Waals surface area (Å²) in [4.78, 5) is 12.2. The number of hydrogen-bond donors (Lipinski definition) is 3. The van der Waals surface area contributed by atoms with Gasteiger partial charge in [-0.2, -0.15) is 0 Å². The van der Waals surface area contributed by atoms with Crippen LogP contribution in [0.25, 0.3) is 0 Å². The summed E-state index contributed by atoms with van der Waals surface area (Å²) >= 11 is 0. The third-order valence-electron chi connectivity index (χ3n) is 4.49. The number of amides is 1. The Balaban J connectivity index is 1.60. The molecule has 0 saturated heterocycles. The average molecular weight is 346 g/mol. The van der Waals surface area contributed by atoms with Crippen molar-refractivity contribution in [2.24, 2.45) is 0 Å². The van der Waals surface area contributed by atoms with Gasteiger partial charge in [0, 0.05) is 30.3 Å². The molecule has 3 rings (SSSR count). The Kier molecular flexibility index (Phi) is 5.40. The van der Waals surface area contributed by atoms with Crippen LogP contribution in [-0.2, 0) is 13.0 Å². The first-order valence-electron chi connectivity index (χ1n) is 8.19. The van der Waals surface area contributed by atoms with E-state index in [0.29, 0.717) is 13.0 Å². The fourth-order valence-electron chi connectivity index (χ4n) is 3.08. The zero-order chi connectivity index (χ0) is 17.8. The molecule has 0 aliphatic carbocycles. The van der Waals surface area contributed by atoms with Gasteiger partial charge in [-0.3, -0.25) is 4.79 Å². The van der Waals surface area contributed by atoms with Gasteiger partial charge in [0.25, 0.3) is 12.3 Å². The highest BCUT2D eigenvalue weighted by Gasteiger charge is 2.25. The van der Waals surface area contributed by atoms with Crippen LogP contribution in [0.15, 0.2) is 48.5 Å². The minimum atomic E-state index is -2.72. The number of aliphatic hydroxyl groups excluding tert-OH is 1. The second-order valence-electron chi connectivity index (χ2n) is 6.13. The molecule has 1 aliphatic rings. The van der Waals surface area contributed by atoms with Gasteiger partial charge in [0.15, 0.2) is 0 Å². The Morgan fingerprint density at radius 1 is 1.16 bits per heavy atom. The number of halogens is 2. The molecule has 6 heteroatoms. The SMILES string of the molecule is O=C(NCC(O)[C@@H]1Cc2ccccc2CN1)c1ccccc1C(F)F. The highest BCUT2D eigenvalue weighted by Crippen LogP contribution is 2.22. The third kappa shape index (κ3) is 4.03. The lowest BCUT2D eigenvalue weighted by Crippen LogP contribution is -2.49. The molecule has 0 aromatic heterocycles. The number of carbonyl (C=O) groups is 1. The normalized spacial score (nSPS) is 17.8. The molecule has 2 aromatic rings. The summed E-state index contributed by atoms with van der Waals surface area (Å²) in [6, 6.07) is 13.4. The van der Waals surface area contributed by atoms with Gasteiger partial charge in [0.05, 0.1) is 6.10 Å². The van der Waals surface area contributed by atoms with Crippen LogP contribution in [-0.4, -0.2) is 29.7 Å². The van der Waals surface area contributed by atoms with Crippen LogP contribution in [0, 0.1) is 0 Å². The average Bonchev–Trinajstić information content (AvgIpc) is 2.65. The lowest BCUT2D eigenvalue weighted by Gasteiger charge is -2.30. The molecule has 3 N–H and O–H groups in total. The summed E-state index contributed by atoms with van der Waals surface area (Å²) in [6.45, 7) is 0.649. The number of nitrogens with one attached hydrogen (secondary N) is 2. The molecule has 1 aliphatic heterocycles. The summed E-state index contributed by atoms with van der Waals surface area (Å²) in [5, 5.41) is 16.1. The van der Waals surface area contributed by atoms with Crippen LogP contribution < -0.4 is 10.6 Å². The molecular formula is C19H20F2N2O2. The summed E-state index contributed by atoms with van der Waals surface area (Å²) in [5.74, 6) is -0.605. The Labute approximate surface area is 144 Å². The van der Waals surface area contributed by atoms with Gasteiger partial charge in [0.1, 0.15) is 0 Å². The van der Waals surface area contributed by atoms with E-state index in [1.165, 1.54) is 35.4 Å². The van der Waals surface area contributed by atoms with Crippen molar-refractivity contribution < 1.29 is 18.7 Å². The molecule has 132 valence electrons. The summed E-state index contributed by atoms with van der Waals surface area (Å²) in [7, 11) is 0. The van der Waals surface area contributed by atoms with E-state index in [0.717, 1.165) is 0 Å². The van der Waals surface area contributed by atoms with E-state index in [9.17, 15) is 18.7 Å². The van der Waals surface area contributed by atoms with E-state index >= 15 is 0 Å². The Morgan fingerprint density at radius 2 is 1.84 bits per heavy atom. The number of carbonyl (C=O) groups excluding carboxylic acids is 1. The van der Waals surface area contributed by atoms with Crippen LogP contribution >= 0.6 is 0 Å². The van der Waals surface area contributed by atoms with E-state index in [-0.39, 0.29) is 23.7 Å². The molecule has 2 atom stereocenters. The zero-order valence-electron chi connectivity index (χ0n) is 13.6. The molecule has 2 aromatic carbocycles. The lowest BCUT2D eigenvalue weighted by atomic mass is 9.93. The maximum Gasteiger partial charge on any atom is 0.264 e. The molecular weight excluding hydrogens is 326 g/mol. The minimum Gasteiger partial charge on any atom is -0.390 e. The Hall–Kier alpha value is -2.31. The number of hydrogen-bond acceptors (Lipinski definition) is 3. The first-order chi connectivity index (χ1) is 12.1. The Bertz CT molecular complexity index is 752. The summed E-state index contributed by atoms with van der Waals surface area (Å²) < 4.78 is 26.0. The van der Waals surface area contributed by atoms with Crippen LogP contribution in [0.1, 0.15) is 33.5 Å². The van der Waals surface area contributed by atoms with Crippen molar-refractivity contribution in [2.75, 3.05) is 6.54 Å². The van der Waals surface area contributed by atoms with Gasteiger partial charge in [-0.1, -0.05) is 42.5 Å². The molecule has 4 nitrogen and oxygen atoms in total. The van der Waals surface area contributed by atoms with E-state index in [1.54, 1.807) is 0 Å². The molecule has 0 radical (unpaired) electrons. The van der Waals surface area contributed by atoms with E-state index < -0.39 is 18.4 Å². The smallest absolute Gasteiger partial charge is 0.264 e. The molecule has 0 bridgehead atoms. The highest BCUT2D eigenvalue weighted by atomic mass is 19.3. The fraction of sp³-hybridized carbons (Fsp3) is 0.316. The predicted octanol–water partition coefficient (Wildman–Crippen LogP) is 2.43. The fourth-order valence-corrected chi connectivity index (χ4v) is 3.08. The molecule has 1 unspecified atom stereocenters. The standard InChI is InChI=1S/C19H20F2N2O2/c20-18(21)14-7-3-4-8-15(14)19(25)23-11-17(24)16-9-12-5-1-2-6-13(12)10-22-16/h1-8,16-18,22,24H,9-11H2,(H,23,25)/t16-,17?/m0/s1. The second kappa shape index (κ2) is 7.72. The monoisotopic (exact) mass is 346 g/mol. The van der Waals surface area contributed by atoms with Crippen molar-refractivity contribution in [1.29, 1.82) is 0 Å². The van der Waals surface area contributed by atoms with Crippen molar-refractivity contribution in [1.82, 2.24) is 10.6 Å². The minimum absolute atomic E-state index is 0.00373. The van der Waals surface area contributed by atoms with Crippen molar-refractivity contribution in [3.05, 3.63) is 70.8 Å². The van der Waals surface area contributed by atoms with Gasteiger partial charge < -0.3 is 15.7 Å². The van der Waals surface area contributed by atoms with Gasteiger partial charge >= 0.3 is 0 Å². The van der Waals surface area contributed by atoms with E-state index in [4.69, 9.17) is 0 Å².